The molecular formula is C21H14Cl2N4O. The summed E-state index contributed by atoms with van der Waals surface area (Å²) in [6.07, 6.45) is 0. The second kappa shape index (κ2) is 7.84. The molecule has 4 aromatic rings. The third kappa shape index (κ3) is 3.76. The van der Waals surface area contributed by atoms with Crippen LogP contribution in [0.5, 0.6) is 0 Å². The number of hydrazone groups is 1. The van der Waals surface area contributed by atoms with E-state index in [9.17, 15) is 4.79 Å². The van der Waals surface area contributed by atoms with E-state index in [1.807, 2.05) is 60.7 Å². The molecule has 0 radical (unpaired) electrons. The monoisotopic (exact) mass is 408 g/mol. The van der Waals surface area contributed by atoms with E-state index < -0.39 is 0 Å². The van der Waals surface area contributed by atoms with Gasteiger partial charge < -0.3 is 4.98 Å². The second-order valence-corrected chi connectivity index (χ2v) is 6.82. The van der Waals surface area contributed by atoms with Gasteiger partial charge in [-0.05, 0) is 24.3 Å². The summed E-state index contributed by atoms with van der Waals surface area (Å²) >= 11 is 12.2. The predicted molar refractivity (Wildman–Crippen MR) is 115 cm³/mol. The Morgan fingerprint density at radius 3 is 2.29 bits per heavy atom. The average Bonchev–Trinajstić information content (AvgIpc) is 2.71. The summed E-state index contributed by atoms with van der Waals surface area (Å²) in [5.41, 5.74) is 5.78. The number of aromatic amines is 1. The van der Waals surface area contributed by atoms with Crippen molar-refractivity contribution in [1.82, 2.24) is 9.97 Å². The molecule has 1 heterocycles. The van der Waals surface area contributed by atoms with Crippen LogP contribution in [0.4, 0.5) is 5.69 Å². The molecule has 0 amide bonds. The summed E-state index contributed by atoms with van der Waals surface area (Å²) < 4.78 is 0. The summed E-state index contributed by atoms with van der Waals surface area (Å²) in [5.74, 6) is 0. The molecular weight excluding hydrogens is 395 g/mol. The van der Waals surface area contributed by atoms with Gasteiger partial charge in [-0.15, -0.1) is 0 Å². The second-order valence-electron chi connectivity index (χ2n) is 6.00. The third-order valence-corrected chi connectivity index (χ3v) is 4.80. The SMILES string of the molecule is O=c1[nH]c2cc(Cl)c(Cl)cc2nc1/C(=N/Nc1ccccc1)c1ccccc1. The minimum Gasteiger partial charge on any atom is -0.319 e. The number of anilines is 1. The highest BCUT2D eigenvalue weighted by Crippen LogP contribution is 2.25. The summed E-state index contributed by atoms with van der Waals surface area (Å²) in [7, 11) is 0. The normalized spacial score (nSPS) is 11.6. The molecule has 1 aromatic heterocycles. The van der Waals surface area contributed by atoms with E-state index in [0.29, 0.717) is 26.8 Å². The summed E-state index contributed by atoms with van der Waals surface area (Å²) in [6, 6.07) is 22.0. The number of halogens is 2. The molecule has 0 saturated heterocycles. The van der Waals surface area contributed by atoms with Gasteiger partial charge in [0.05, 0.1) is 26.8 Å². The molecule has 4 rings (SSSR count). The first-order valence-corrected chi connectivity index (χ1v) is 9.21. The fraction of sp³-hybridized carbons (Fsp3) is 0. The van der Waals surface area contributed by atoms with Crippen molar-refractivity contribution < 1.29 is 0 Å². The van der Waals surface area contributed by atoms with Crippen molar-refractivity contribution in [1.29, 1.82) is 0 Å². The highest BCUT2D eigenvalue weighted by Gasteiger charge is 2.15. The molecule has 0 spiro atoms. The van der Waals surface area contributed by atoms with Gasteiger partial charge >= 0.3 is 0 Å². The topological polar surface area (TPSA) is 70.1 Å². The smallest absolute Gasteiger partial charge is 0.276 e. The fourth-order valence-electron chi connectivity index (χ4n) is 2.73. The Balaban J connectivity index is 1.88. The van der Waals surface area contributed by atoms with Crippen LogP contribution in [0, 0.1) is 0 Å². The van der Waals surface area contributed by atoms with Crippen LogP contribution in [0.25, 0.3) is 11.0 Å². The first-order valence-electron chi connectivity index (χ1n) is 8.45. The van der Waals surface area contributed by atoms with Gasteiger partial charge in [0, 0.05) is 5.56 Å². The highest BCUT2D eigenvalue weighted by molar-refractivity contribution is 6.42. The molecule has 0 bridgehead atoms. The van der Waals surface area contributed by atoms with Crippen molar-refractivity contribution in [3.05, 3.63) is 104 Å². The zero-order chi connectivity index (χ0) is 19.5. The van der Waals surface area contributed by atoms with Crippen LogP contribution < -0.4 is 11.0 Å². The van der Waals surface area contributed by atoms with Gasteiger partial charge in [0.1, 0.15) is 5.71 Å². The molecule has 0 unspecified atom stereocenters. The van der Waals surface area contributed by atoms with Crippen molar-refractivity contribution in [3.63, 3.8) is 0 Å². The Morgan fingerprint density at radius 2 is 1.57 bits per heavy atom. The van der Waals surface area contributed by atoms with Crippen LogP contribution in [0.1, 0.15) is 11.3 Å². The Morgan fingerprint density at radius 1 is 0.929 bits per heavy atom. The van der Waals surface area contributed by atoms with E-state index in [0.717, 1.165) is 11.3 Å². The molecule has 2 N–H and O–H groups in total. The number of nitrogens with one attached hydrogen (secondary N) is 2. The summed E-state index contributed by atoms with van der Waals surface area (Å²) in [4.78, 5) is 20.1. The molecule has 0 aliphatic rings. The molecule has 0 aliphatic heterocycles. The number of hydrogen-bond donors (Lipinski definition) is 2. The van der Waals surface area contributed by atoms with Crippen molar-refractivity contribution in [2.24, 2.45) is 5.10 Å². The summed E-state index contributed by atoms with van der Waals surface area (Å²) in [6.45, 7) is 0. The van der Waals surface area contributed by atoms with E-state index in [2.05, 4.69) is 20.5 Å². The zero-order valence-corrected chi connectivity index (χ0v) is 16.0. The Hall–Kier alpha value is -3.15. The van der Waals surface area contributed by atoms with Crippen LogP contribution >= 0.6 is 23.2 Å². The van der Waals surface area contributed by atoms with E-state index >= 15 is 0 Å². The maximum absolute atomic E-state index is 12.8. The lowest BCUT2D eigenvalue weighted by Crippen LogP contribution is -2.22. The maximum Gasteiger partial charge on any atom is 0.276 e. The van der Waals surface area contributed by atoms with Crippen LogP contribution in [-0.2, 0) is 0 Å². The molecule has 7 heteroatoms. The number of rotatable bonds is 4. The largest absolute Gasteiger partial charge is 0.319 e. The number of fused-ring (bicyclic) bond motifs is 1. The molecule has 0 saturated carbocycles. The fourth-order valence-corrected chi connectivity index (χ4v) is 3.05. The predicted octanol–water partition coefficient (Wildman–Crippen LogP) is 5.09. The Kier molecular flexibility index (Phi) is 5.10. The molecule has 0 atom stereocenters. The van der Waals surface area contributed by atoms with Crippen molar-refractivity contribution in [2.45, 2.75) is 0 Å². The Bertz CT molecular complexity index is 1220. The number of hydrogen-bond acceptors (Lipinski definition) is 4. The van der Waals surface area contributed by atoms with Crippen LogP contribution in [0.3, 0.4) is 0 Å². The van der Waals surface area contributed by atoms with Crippen molar-refractivity contribution in [2.75, 3.05) is 5.43 Å². The number of aromatic nitrogens is 2. The van der Waals surface area contributed by atoms with Crippen molar-refractivity contribution >= 4 is 45.6 Å². The lowest BCUT2D eigenvalue weighted by molar-refractivity contribution is 1.18. The van der Waals surface area contributed by atoms with Gasteiger partial charge in [0.25, 0.3) is 5.56 Å². The summed E-state index contributed by atoms with van der Waals surface area (Å²) in [5, 5.41) is 5.18. The number of para-hydroxylation sites is 1. The molecule has 138 valence electrons. The average molecular weight is 409 g/mol. The highest BCUT2D eigenvalue weighted by atomic mass is 35.5. The number of benzene rings is 3. The van der Waals surface area contributed by atoms with E-state index in [-0.39, 0.29) is 11.3 Å². The van der Waals surface area contributed by atoms with Gasteiger partial charge in [-0.2, -0.15) is 5.10 Å². The number of nitrogens with zero attached hydrogens (tertiary/aromatic N) is 2. The van der Waals surface area contributed by atoms with Gasteiger partial charge in [-0.25, -0.2) is 4.98 Å². The van der Waals surface area contributed by atoms with Gasteiger partial charge in [0.2, 0.25) is 0 Å². The van der Waals surface area contributed by atoms with Crippen LogP contribution in [0.2, 0.25) is 10.0 Å². The lowest BCUT2D eigenvalue weighted by atomic mass is 10.1. The maximum atomic E-state index is 12.8. The minimum atomic E-state index is -0.372. The quantitative estimate of drug-likeness (QED) is 0.364. The van der Waals surface area contributed by atoms with E-state index in [1.54, 1.807) is 12.1 Å². The molecule has 3 aromatic carbocycles. The van der Waals surface area contributed by atoms with Crippen LogP contribution in [-0.4, -0.2) is 15.7 Å². The third-order valence-electron chi connectivity index (χ3n) is 4.08. The first-order chi connectivity index (χ1) is 13.6. The van der Waals surface area contributed by atoms with E-state index in [1.165, 1.54) is 0 Å². The van der Waals surface area contributed by atoms with E-state index in [4.69, 9.17) is 23.2 Å². The van der Waals surface area contributed by atoms with Gasteiger partial charge in [0.15, 0.2) is 5.69 Å². The molecule has 5 nitrogen and oxygen atoms in total. The molecule has 28 heavy (non-hydrogen) atoms. The lowest BCUT2D eigenvalue weighted by Gasteiger charge is -2.09. The number of H-pyrrole nitrogens is 1. The molecule has 0 fully saturated rings. The van der Waals surface area contributed by atoms with Gasteiger partial charge in [-0.3, -0.25) is 10.2 Å². The standard InChI is InChI=1S/C21H14Cl2N4O/c22-15-11-17-18(12-16(15)23)25-21(28)20(24-17)19(13-7-3-1-4-8-13)27-26-14-9-5-2-6-10-14/h1-12,26H,(H,25,28)/b27-19+. The molecule has 0 aliphatic carbocycles. The first kappa shape index (κ1) is 18.2. The van der Waals surface area contributed by atoms with Crippen molar-refractivity contribution in [3.8, 4) is 0 Å². The van der Waals surface area contributed by atoms with Crippen LogP contribution in [0.15, 0.2) is 82.7 Å². The Labute approximate surface area is 170 Å². The minimum absolute atomic E-state index is 0.181. The van der Waals surface area contributed by atoms with Gasteiger partial charge in [-0.1, -0.05) is 71.7 Å². The zero-order valence-electron chi connectivity index (χ0n) is 14.5.